The van der Waals surface area contributed by atoms with Crippen LogP contribution in [0.5, 0.6) is 5.75 Å². The molecule has 0 aliphatic rings. The second-order valence-electron chi connectivity index (χ2n) is 3.62. The molecule has 0 radical (unpaired) electrons. The quantitative estimate of drug-likeness (QED) is 0.807. The van der Waals surface area contributed by atoms with Gasteiger partial charge in [-0.3, -0.25) is 4.79 Å². The Morgan fingerprint density at radius 1 is 1.58 bits per heavy atom. The molecule has 2 N–H and O–H groups in total. The van der Waals surface area contributed by atoms with Crippen molar-refractivity contribution in [3.8, 4) is 18.1 Å². The van der Waals surface area contributed by atoms with Crippen LogP contribution < -0.4 is 10.1 Å². The van der Waals surface area contributed by atoms with Gasteiger partial charge in [0.25, 0.3) is 5.91 Å². The Bertz CT molecular complexity index is 536. The van der Waals surface area contributed by atoms with Gasteiger partial charge in [0.1, 0.15) is 11.8 Å². The summed E-state index contributed by atoms with van der Waals surface area (Å²) < 4.78 is 5.64. The van der Waals surface area contributed by atoms with Crippen molar-refractivity contribution < 1.29 is 19.4 Å². The van der Waals surface area contributed by atoms with E-state index in [9.17, 15) is 9.59 Å². The normalized spacial score (nSPS) is 11.2. The fourth-order valence-corrected chi connectivity index (χ4v) is 1.91. The second-order valence-corrected chi connectivity index (χ2v) is 4.48. The van der Waals surface area contributed by atoms with Crippen molar-refractivity contribution in [1.82, 2.24) is 5.32 Å². The number of hydrogen-bond acceptors (Lipinski definition) is 3. The van der Waals surface area contributed by atoms with Gasteiger partial charge in [0, 0.05) is 12.0 Å². The topological polar surface area (TPSA) is 75.6 Å². The average Bonchev–Trinajstić information content (AvgIpc) is 2.37. The first kappa shape index (κ1) is 15.1. The van der Waals surface area contributed by atoms with Crippen molar-refractivity contribution in [2.24, 2.45) is 0 Å². The lowest BCUT2D eigenvalue weighted by atomic mass is 10.1. The average molecular weight is 326 g/mol. The lowest BCUT2D eigenvalue weighted by Crippen LogP contribution is -2.40. The maximum absolute atomic E-state index is 11.9. The van der Waals surface area contributed by atoms with Gasteiger partial charge in [0.05, 0.1) is 11.6 Å². The number of aliphatic carboxylic acids is 1. The number of benzene rings is 1. The first-order valence-electron chi connectivity index (χ1n) is 5.30. The van der Waals surface area contributed by atoms with E-state index in [-0.39, 0.29) is 6.42 Å². The monoisotopic (exact) mass is 325 g/mol. The summed E-state index contributed by atoms with van der Waals surface area (Å²) in [5.74, 6) is 1.11. The maximum atomic E-state index is 11.9. The fourth-order valence-electron chi connectivity index (χ4n) is 1.37. The van der Waals surface area contributed by atoms with E-state index in [1.807, 2.05) is 0 Å². The predicted octanol–water partition coefficient (Wildman–Crippen LogP) is 1.66. The molecular weight excluding hydrogens is 314 g/mol. The number of rotatable bonds is 5. The largest absolute Gasteiger partial charge is 0.496 e. The molecular formula is C13H12BrNO4. The Balaban J connectivity index is 2.86. The Hall–Kier alpha value is -2.00. The number of methoxy groups -OCH3 is 1. The highest BCUT2D eigenvalue weighted by Crippen LogP contribution is 2.25. The number of halogens is 1. The molecule has 1 rings (SSSR count). The van der Waals surface area contributed by atoms with Gasteiger partial charge in [-0.1, -0.05) is 0 Å². The van der Waals surface area contributed by atoms with E-state index >= 15 is 0 Å². The van der Waals surface area contributed by atoms with Crippen LogP contribution in [0.15, 0.2) is 22.7 Å². The molecule has 1 aromatic rings. The number of carbonyl (C=O) groups excluding carboxylic acids is 1. The van der Waals surface area contributed by atoms with E-state index in [1.54, 1.807) is 12.1 Å². The number of carboxylic acid groups (broad SMARTS) is 1. The molecule has 1 unspecified atom stereocenters. The SMILES string of the molecule is C#CCC(NC(=O)c1ccc(OC)c(Br)c1)C(=O)O. The van der Waals surface area contributed by atoms with Crippen LogP contribution in [0.25, 0.3) is 0 Å². The van der Waals surface area contributed by atoms with E-state index in [2.05, 4.69) is 27.2 Å². The first-order valence-corrected chi connectivity index (χ1v) is 6.09. The van der Waals surface area contributed by atoms with Crippen LogP contribution in [0.2, 0.25) is 0 Å². The molecule has 0 aromatic heterocycles. The Morgan fingerprint density at radius 2 is 2.26 bits per heavy atom. The fraction of sp³-hybridized carbons (Fsp3) is 0.231. The maximum Gasteiger partial charge on any atom is 0.327 e. The van der Waals surface area contributed by atoms with Crippen molar-refractivity contribution in [2.45, 2.75) is 12.5 Å². The summed E-state index contributed by atoms with van der Waals surface area (Å²) >= 11 is 3.25. The second kappa shape index (κ2) is 6.81. The Labute approximate surface area is 119 Å². The molecule has 0 fully saturated rings. The van der Waals surface area contributed by atoms with Gasteiger partial charge in [-0.25, -0.2) is 4.79 Å². The van der Waals surface area contributed by atoms with Gasteiger partial charge in [0.15, 0.2) is 0 Å². The molecule has 1 atom stereocenters. The van der Waals surface area contributed by atoms with Crippen LogP contribution in [-0.4, -0.2) is 30.1 Å². The van der Waals surface area contributed by atoms with Crippen LogP contribution in [0.1, 0.15) is 16.8 Å². The molecule has 1 aromatic carbocycles. The van der Waals surface area contributed by atoms with Gasteiger partial charge in [-0.05, 0) is 34.1 Å². The highest BCUT2D eigenvalue weighted by atomic mass is 79.9. The number of hydrogen-bond donors (Lipinski definition) is 2. The number of amides is 1. The number of carboxylic acids is 1. The summed E-state index contributed by atoms with van der Waals surface area (Å²) in [6, 6.07) is 3.59. The van der Waals surface area contributed by atoms with Crippen LogP contribution in [0.4, 0.5) is 0 Å². The predicted molar refractivity (Wildman–Crippen MR) is 73.0 cm³/mol. The van der Waals surface area contributed by atoms with E-state index < -0.39 is 17.9 Å². The number of ether oxygens (including phenoxy) is 1. The molecule has 5 nitrogen and oxygen atoms in total. The van der Waals surface area contributed by atoms with E-state index in [4.69, 9.17) is 16.3 Å². The van der Waals surface area contributed by atoms with E-state index in [0.717, 1.165) is 0 Å². The molecule has 0 aliphatic heterocycles. The molecule has 19 heavy (non-hydrogen) atoms. The molecule has 1 amide bonds. The minimum absolute atomic E-state index is 0.0710. The molecule has 0 aliphatic carbocycles. The summed E-state index contributed by atoms with van der Waals surface area (Å²) in [7, 11) is 1.51. The molecule has 0 saturated heterocycles. The third kappa shape index (κ3) is 4.00. The number of carbonyl (C=O) groups is 2. The summed E-state index contributed by atoms with van der Waals surface area (Å²) in [5, 5.41) is 11.3. The van der Waals surface area contributed by atoms with Crippen molar-refractivity contribution in [3.05, 3.63) is 28.2 Å². The minimum Gasteiger partial charge on any atom is -0.496 e. The molecule has 0 heterocycles. The Kier molecular flexibility index (Phi) is 5.39. The molecule has 6 heteroatoms. The smallest absolute Gasteiger partial charge is 0.327 e. The number of terminal acetylenes is 1. The van der Waals surface area contributed by atoms with Crippen molar-refractivity contribution in [1.29, 1.82) is 0 Å². The van der Waals surface area contributed by atoms with Gasteiger partial charge < -0.3 is 15.2 Å². The summed E-state index contributed by atoms with van der Waals surface area (Å²) in [6.07, 6.45) is 4.98. The zero-order valence-corrected chi connectivity index (χ0v) is 11.7. The van der Waals surface area contributed by atoms with Crippen molar-refractivity contribution in [2.75, 3.05) is 7.11 Å². The van der Waals surface area contributed by atoms with Crippen LogP contribution >= 0.6 is 15.9 Å². The third-order valence-electron chi connectivity index (χ3n) is 2.34. The highest BCUT2D eigenvalue weighted by Gasteiger charge is 2.20. The number of nitrogens with one attached hydrogen (secondary N) is 1. The lowest BCUT2D eigenvalue weighted by Gasteiger charge is -2.12. The third-order valence-corrected chi connectivity index (χ3v) is 2.96. The molecule has 0 bridgehead atoms. The van der Waals surface area contributed by atoms with E-state index in [1.165, 1.54) is 13.2 Å². The van der Waals surface area contributed by atoms with Crippen LogP contribution in [-0.2, 0) is 4.79 Å². The Morgan fingerprint density at radius 3 is 2.74 bits per heavy atom. The van der Waals surface area contributed by atoms with Gasteiger partial charge >= 0.3 is 5.97 Å². The zero-order valence-electron chi connectivity index (χ0n) is 10.1. The van der Waals surface area contributed by atoms with Crippen molar-refractivity contribution in [3.63, 3.8) is 0 Å². The first-order chi connectivity index (χ1) is 8.99. The van der Waals surface area contributed by atoms with Gasteiger partial charge in [0.2, 0.25) is 0 Å². The van der Waals surface area contributed by atoms with Crippen molar-refractivity contribution >= 4 is 27.8 Å². The highest BCUT2D eigenvalue weighted by molar-refractivity contribution is 9.10. The zero-order chi connectivity index (χ0) is 14.4. The molecule has 0 spiro atoms. The van der Waals surface area contributed by atoms with Gasteiger partial charge in [-0.2, -0.15) is 0 Å². The minimum atomic E-state index is -1.17. The lowest BCUT2D eigenvalue weighted by molar-refractivity contribution is -0.139. The standard InChI is InChI=1S/C13H12BrNO4/c1-3-4-10(13(17)18)15-12(16)8-5-6-11(19-2)9(14)7-8/h1,5-7,10H,4H2,2H3,(H,15,16)(H,17,18). The summed E-state index contributed by atoms with van der Waals surface area (Å²) in [6.45, 7) is 0. The van der Waals surface area contributed by atoms with Crippen LogP contribution in [0, 0.1) is 12.3 Å². The van der Waals surface area contributed by atoms with Crippen LogP contribution in [0.3, 0.4) is 0 Å². The molecule has 100 valence electrons. The summed E-state index contributed by atoms with van der Waals surface area (Å²) in [4.78, 5) is 22.8. The van der Waals surface area contributed by atoms with E-state index in [0.29, 0.717) is 15.8 Å². The summed E-state index contributed by atoms with van der Waals surface area (Å²) in [5.41, 5.74) is 0.316. The van der Waals surface area contributed by atoms with Gasteiger partial charge in [-0.15, -0.1) is 12.3 Å². The molecule has 0 saturated carbocycles.